The van der Waals surface area contributed by atoms with E-state index in [-0.39, 0.29) is 6.61 Å². The molecule has 0 fully saturated rings. The van der Waals surface area contributed by atoms with Crippen molar-refractivity contribution in [3.05, 3.63) is 65.2 Å². The van der Waals surface area contributed by atoms with Gasteiger partial charge in [0.1, 0.15) is 30.1 Å². The van der Waals surface area contributed by atoms with Crippen molar-refractivity contribution in [2.75, 3.05) is 19.7 Å². The van der Waals surface area contributed by atoms with Gasteiger partial charge in [-0.05, 0) is 37.6 Å². The molecular weight excluding hydrogens is 324 g/mol. The zero-order chi connectivity index (χ0) is 18.2. The van der Waals surface area contributed by atoms with Crippen molar-refractivity contribution in [2.45, 2.75) is 32.9 Å². The topological polar surface area (TPSA) is 32.7 Å². The van der Waals surface area contributed by atoms with E-state index in [0.29, 0.717) is 25.2 Å². The van der Waals surface area contributed by atoms with Crippen LogP contribution in [0.1, 0.15) is 24.5 Å². The minimum Gasteiger partial charge on any atom is -0.491 e. The molecule has 0 bridgehead atoms. The van der Waals surface area contributed by atoms with E-state index in [1.165, 1.54) is 12.1 Å². The lowest BCUT2D eigenvalue weighted by Crippen LogP contribution is -2.36. The molecule has 2 aromatic carbocycles. The lowest BCUT2D eigenvalue weighted by atomic mass is 10.1. The molecule has 1 atom stereocenters. The lowest BCUT2D eigenvalue weighted by molar-refractivity contribution is 0.0650. The molecule has 2 aromatic rings. The molecule has 2 rings (SSSR count). The molecule has 0 spiro atoms. The first-order valence-corrected chi connectivity index (χ1v) is 8.52. The molecule has 0 heterocycles. The van der Waals surface area contributed by atoms with Gasteiger partial charge in [0.15, 0.2) is 0 Å². The van der Waals surface area contributed by atoms with Crippen LogP contribution in [0.2, 0.25) is 0 Å². The van der Waals surface area contributed by atoms with E-state index in [9.17, 15) is 13.9 Å². The molecule has 0 saturated carbocycles. The second-order valence-corrected chi connectivity index (χ2v) is 6.20. The molecule has 0 aliphatic carbocycles. The highest BCUT2D eigenvalue weighted by molar-refractivity contribution is 5.31. The van der Waals surface area contributed by atoms with Crippen molar-refractivity contribution in [3.63, 3.8) is 0 Å². The molecule has 0 unspecified atom stereocenters. The maximum atomic E-state index is 13.8. The highest BCUT2D eigenvalue weighted by Crippen LogP contribution is 2.17. The van der Waals surface area contributed by atoms with Crippen LogP contribution < -0.4 is 4.74 Å². The van der Waals surface area contributed by atoms with Gasteiger partial charge >= 0.3 is 0 Å². The predicted molar refractivity (Wildman–Crippen MR) is 94.6 cm³/mol. The van der Waals surface area contributed by atoms with Crippen molar-refractivity contribution >= 4 is 0 Å². The lowest BCUT2D eigenvalue weighted by Gasteiger charge is -2.25. The maximum absolute atomic E-state index is 13.8. The standard InChI is InChI=1S/C20H25F2NO2/c1-3-10-23(12-16-8-9-17(21)11-19(16)22)13-18(24)14-25-20-7-5-4-6-15(20)2/h4-9,11,18,24H,3,10,12-14H2,1-2H3/t18-/m1/s1. The van der Waals surface area contributed by atoms with E-state index in [0.717, 1.165) is 23.8 Å². The molecule has 0 radical (unpaired) electrons. The first kappa shape index (κ1) is 19.3. The minimum atomic E-state index is -0.699. The van der Waals surface area contributed by atoms with Crippen LogP contribution in [0.25, 0.3) is 0 Å². The van der Waals surface area contributed by atoms with Gasteiger partial charge in [-0.25, -0.2) is 8.78 Å². The number of benzene rings is 2. The predicted octanol–water partition coefficient (Wildman–Crippen LogP) is 3.93. The molecule has 136 valence electrons. The van der Waals surface area contributed by atoms with Crippen molar-refractivity contribution < 1.29 is 18.6 Å². The van der Waals surface area contributed by atoms with Crippen LogP contribution in [0.15, 0.2) is 42.5 Å². The Bertz CT molecular complexity index is 678. The van der Waals surface area contributed by atoms with Crippen LogP contribution >= 0.6 is 0 Å². The molecule has 0 aromatic heterocycles. The van der Waals surface area contributed by atoms with E-state index >= 15 is 0 Å². The molecular formula is C20H25F2NO2. The van der Waals surface area contributed by atoms with Gasteiger partial charge in [-0.15, -0.1) is 0 Å². The number of rotatable bonds is 9. The summed E-state index contributed by atoms with van der Waals surface area (Å²) < 4.78 is 32.5. The normalized spacial score (nSPS) is 12.4. The van der Waals surface area contributed by atoms with Gasteiger partial charge in [0.05, 0.1) is 0 Å². The molecule has 0 saturated heterocycles. The van der Waals surface area contributed by atoms with Crippen LogP contribution in [-0.4, -0.2) is 35.8 Å². The number of halogens is 2. The zero-order valence-electron chi connectivity index (χ0n) is 14.7. The molecule has 25 heavy (non-hydrogen) atoms. The average molecular weight is 349 g/mol. The van der Waals surface area contributed by atoms with Crippen molar-refractivity contribution in [1.82, 2.24) is 4.90 Å². The Morgan fingerprint density at radius 1 is 1.16 bits per heavy atom. The van der Waals surface area contributed by atoms with E-state index in [4.69, 9.17) is 4.74 Å². The Morgan fingerprint density at radius 3 is 2.60 bits per heavy atom. The smallest absolute Gasteiger partial charge is 0.130 e. The summed E-state index contributed by atoms with van der Waals surface area (Å²) in [7, 11) is 0. The third-order valence-electron chi connectivity index (χ3n) is 3.94. The van der Waals surface area contributed by atoms with Crippen LogP contribution in [-0.2, 0) is 6.54 Å². The summed E-state index contributed by atoms with van der Waals surface area (Å²) in [4.78, 5) is 1.95. The van der Waals surface area contributed by atoms with Gasteiger partial charge in [0, 0.05) is 24.7 Å². The molecule has 0 aliphatic rings. The number of ether oxygens (including phenoxy) is 1. The molecule has 1 N–H and O–H groups in total. The van der Waals surface area contributed by atoms with Crippen molar-refractivity contribution in [3.8, 4) is 5.75 Å². The highest BCUT2D eigenvalue weighted by atomic mass is 19.1. The Labute approximate surface area is 147 Å². The Hall–Kier alpha value is -1.98. The quantitative estimate of drug-likeness (QED) is 0.745. The first-order chi connectivity index (χ1) is 12.0. The number of hydrogen-bond donors (Lipinski definition) is 1. The number of hydrogen-bond acceptors (Lipinski definition) is 3. The number of nitrogens with zero attached hydrogens (tertiary/aromatic N) is 1. The van der Waals surface area contributed by atoms with Gasteiger partial charge in [-0.3, -0.25) is 4.90 Å². The number of aliphatic hydroxyl groups excluding tert-OH is 1. The second-order valence-electron chi connectivity index (χ2n) is 6.20. The summed E-state index contributed by atoms with van der Waals surface area (Å²) in [5.74, 6) is -0.408. The fraction of sp³-hybridized carbons (Fsp3) is 0.400. The Morgan fingerprint density at radius 2 is 1.92 bits per heavy atom. The van der Waals surface area contributed by atoms with E-state index in [1.807, 2.05) is 43.0 Å². The molecule has 3 nitrogen and oxygen atoms in total. The van der Waals surface area contributed by atoms with Gasteiger partial charge in [0.2, 0.25) is 0 Å². The van der Waals surface area contributed by atoms with Crippen LogP contribution in [0.3, 0.4) is 0 Å². The van der Waals surface area contributed by atoms with Crippen LogP contribution in [0, 0.1) is 18.6 Å². The van der Waals surface area contributed by atoms with Crippen molar-refractivity contribution in [1.29, 1.82) is 0 Å². The summed E-state index contributed by atoms with van der Waals surface area (Å²) in [6, 6.07) is 11.2. The van der Waals surface area contributed by atoms with Gasteiger partial charge in [0.25, 0.3) is 0 Å². The van der Waals surface area contributed by atoms with E-state index in [1.54, 1.807) is 0 Å². The Balaban J connectivity index is 1.92. The summed E-state index contributed by atoms with van der Waals surface area (Å²) in [5, 5.41) is 10.3. The van der Waals surface area contributed by atoms with Gasteiger partial charge in [-0.2, -0.15) is 0 Å². The summed E-state index contributed by atoms with van der Waals surface area (Å²) in [5.41, 5.74) is 1.43. The average Bonchev–Trinajstić information content (AvgIpc) is 2.57. The van der Waals surface area contributed by atoms with Crippen LogP contribution in [0.5, 0.6) is 5.75 Å². The van der Waals surface area contributed by atoms with Crippen molar-refractivity contribution in [2.24, 2.45) is 0 Å². The minimum absolute atomic E-state index is 0.164. The Kier molecular flexibility index (Phi) is 7.34. The number of para-hydroxylation sites is 1. The number of aliphatic hydroxyl groups is 1. The van der Waals surface area contributed by atoms with E-state index in [2.05, 4.69) is 0 Å². The monoisotopic (exact) mass is 349 g/mol. The maximum Gasteiger partial charge on any atom is 0.130 e. The third kappa shape index (κ3) is 6.11. The SMILES string of the molecule is CCCN(Cc1ccc(F)cc1F)C[C@@H](O)COc1ccccc1C. The van der Waals surface area contributed by atoms with Gasteiger partial charge in [-0.1, -0.05) is 31.2 Å². The zero-order valence-corrected chi connectivity index (χ0v) is 14.7. The summed E-state index contributed by atoms with van der Waals surface area (Å²) >= 11 is 0. The summed E-state index contributed by atoms with van der Waals surface area (Å²) in [6.45, 7) is 5.51. The highest BCUT2D eigenvalue weighted by Gasteiger charge is 2.15. The molecule has 5 heteroatoms. The molecule has 0 amide bonds. The molecule has 0 aliphatic heterocycles. The largest absolute Gasteiger partial charge is 0.491 e. The second kappa shape index (κ2) is 9.49. The summed E-state index contributed by atoms with van der Waals surface area (Å²) in [6.07, 6.45) is 0.170. The fourth-order valence-corrected chi connectivity index (χ4v) is 2.70. The van der Waals surface area contributed by atoms with Crippen LogP contribution in [0.4, 0.5) is 8.78 Å². The third-order valence-corrected chi connectivity index (χ3v) is 3.94. The number of aryl methyl sites for hydroxylation is 1. The fourth-order valence-electron chi connectivity index (χ4n) is 2.70. The van der Waals surface area contributed by atoms with Gasteiger partial charge < -0.3 is 9.84 Å². The van der Waals surface area contributed by atoms with E-state index < -0.39 is 17.7 Å². The first-order valence-electron chi connectivity index (χ1n) is 8.52.